The van der Waals surface area contributed by atoms with Crippen LogP contribution in [0, 0.1) is 0 Å². The summed E-state index contributed by atoms with van der Waals surface area (Å²) in [5.41, 5.74) is 39.3. The third-order valence-corrected chi connectivity index (χ3v) is 32.3. The molecule has 2 aromatic heterocycles. The summed E-state index contributed by atoms with van der Waals surface area (Å²) >= 11 is 0. The molecule has 0 saturated carbocycles. The molecule has 4 aliphatic carbocycles. The number of para-hydroxylation sites is 2. The van der Waals surface area contributed by atoms with Crippen molar-refractivity contribution in [2.75, 3.05) is 22.9 Å². The highest BCUT2D eigenvalue weighted by Crippen LogP contribution is 2.66. The van der Waals surface area contributed by atoms with Crippen molar-refractivity contribution in [3.8, 4) is 123 Å². The van der Waals surface area contributed by atoms with E-state index >= 15 is 0 Å². The van der Waals surface area contributed by atoms with Gasteiger partial charge in [-0.1, -0.05) is 397 Å². The Morgan fingerprint density at radius 3 is 0.938 bits per heavy atom. The van der Waals surface area contributed by atoms with Crippen molar-refractivity contribution in [1.82, 2.24) is 9.13 Å². The van der Waals surface area contributed by atoms with Gasteiger partial charge in [-0.05, 0) is 330 Å². The van der Waals surface area contributed by atoms with E-state index in [0.29, 0.717) is 74.1 Å². The fourth-order valence-corrected chi connectivity index (χ4v) is 25.8. The van der Waals surface area contributed by atoms with Crippen molar-refractivity contribution >= 4 is 89.5 Å². The van der Waals surface area contributed by atoms with Gasteiger partial charge in [0.25, 0.3) is 6.71 Å². The zero-order chi connectivity index (χ0) is 108. The van der Waals surface area contributed by atoms with E-state index in [4.69, 9.17) is 0 Å². The topological polar surface area (TPSA) is 16.3 Å². The third-order valence-electron chi connectivity index (χ3n) is 32.3. The van der Waals surface area contributed by atoms with Crippen LogP contribution in [0.15, 0.2) is 473 Å². The van der Waals surface area contributed by atoms with Gasteiger partial charge in [-0.3, -0.25) is 0 Å². The molecule has 0 atom stereocenters. The Balaban J connectivity index is 0.622. The van der Waals surface area contributed by atoms with Crippen LogP contribution in [0.2, 0.25) is 0 Å². The van der Waals surface area contributed by atoms with Gasteiger partial charge in [0.1, 0.15) is 0 Å². The standard InChI is InChI=1S/C140H103BN4/c1-138(2,3)102-86-135-137-136(87-102)143(79-35-33-45-95-63-65-97(91-38-10-5-11-39-91)81-116(95)101-67-73-112-110-51-21-29-59-124(110)140(126(112)85-101)121-56-26-18-48-107(121)108-49-19-27-57-122(108)140)134-89-104(145-130-61-31-23-53-114(130)118-83-99(69-77-132(118)145)93-42-14-7-15-43-93)71-75-128(134)141(137)127-74-70-103(144-129-60-30-22-52-113(129)117-82-98(68-76-131(117)144)92-40-12-6-13-41-92)88-133(127)142(135)78-34-32-44-94-62-64-96(90-36-8-4-9-37-90)80-115(94)100-66-72-111-109-50-20-28-58-123(109)139(125(111)84-100)119-54-24-16-46-105(119)106-47-17-25-55-120(106)139/h4-31,36-43,46-77,80-89H,32-35,44-45,78-79H2,1-3H3/i22D,23D,30D,31D,52D,53D,60D,61D,68D,69D,76D,77D,82D,83D. The molecule has 5 heteroatoms. The first-order valence-corrected chi connectivity index (χ1v) is 50.9. The number of rotatable bonds is 18. The number of anilines is 4. The molecule has 0 radical (unpaired) electrons. The molecule has 0 bridgehead atoms. The predicted octanol–water partition coefficient (Wildman–Crippen LogP) is 33.3. The fraction of sp³-hybridized carbons (Fsp3) is 0.100. The summed E-state index contributed by atoms with van der Waals surface area (Å²) in [7, 11) is 0. The highest BCUT2D eigenvalue weighted by atomic mass is 15.2. The molecular weight excluding hydrogens is 1750 g/mol. The number of nitrogens with zero attached hydrogens (tertiary/aromatic N) is 4. The van der Waals surface area contributed by atoms with Crippen LogP contribution in [0.5, 0.6) is 0 Å². The number of aromatic nitrogens is 2. The Morgan fingerprint density at radius 1 is 0.248 bits per heavy atom. The molecule has 29 rings (SSSR count). The lowest BCUT2D eigenvalue weighted by Crippen LogP contribution is -2.62. The molecule has 686 valence electrons. The van der Waals surface area contributed by atoms with Crippen molar-refractivity contribution in [2.45, 2.75) is 75.5 Å². The van der Waals surface area contributed by atoms with Crippen LogP contribution in [-0.4, -0.2) is 28.9 Å². The van der Waals surface area contributed by atoms with Crippen LogP contribution < -0.4 is 26.2 Å². The van der Waals surface area contributed by atoms with Gasteiger partial charge in [0.15, 0.2) is 0 Å². The van der Waals surface area contributed by atoms with Gasteiger partial charge in [0.2, 0.25) is 0 Å². The Bertz CT molecular complexity index is 9510. The number of hydrogen-bond acceptors (Lipinski definition) is 2. The summed E-state index contributed by atoms with van der Waals surface area (Å²) in [4.78, 5) is 4.93. The summed E-state index contributed by atoms with van der Waals surface area (Å²) in [6.07, 6.45) is 4.09. The van der Waals surface area contributed by atoms with Gasteiger partial charge >= 0.3 is 0 Å². The molecule has 0 amide bonds. The van der Waals surface area contributed by atoms with Gasteiger partial charge in [0, 0.05) is 68.8 Å². The molecule has 0 unspecified atom stereocenters. The van der Waals surface area contributed by atoms with E-state index in [0.717, 1.165) is 89.2 Å². The normalized spacial score (nSPS) is 15.0. The monoisotopic (exact) mass is 1860 g/mol. The van der Waals surface area contributed by atoms with Gasteiger partial charge in [0.05, 0.1) is 52.1 Å². The van der Waals surface area contributed by atoms with Crippen LogP contribution in [0.1, 0.15) is 127 Å². The molecule has 23 aromatic rings. The third kappa shape index (κ3) is 13.0. The first-order valence-electron chi connectivity index (χ1n) is 57.9. The van der Waals surface area contributed by atoms with Gasteiger partial charge in [-0.2, -0.15) is 0 Å². The van der Waals surface area contributed by atoms with E-state index in [1.54, 1.807) is 33.4 Å². The maximum atomic E-state index is 10.4. The van der Waals surface area contributed by atoms with Crippen LogP contribution in [0.4, 0.5) is 22.7 Å². The molecule has 0 saturated heterocycles. The quantitative estimate of drug-likeness (QED) is 0.0629. The molecule has 21 aromatic carbocycles. The molecule has 0 N–H and O–H groups in total. The fourth-order valence-electron chi connectivity index (χ4n) is 25.8. The van der Waals surface area contributed by atoms with Crippen LogP contribution in [-0.2, 0) is 29.1 Å². The molecule has 0 fully saturated rings. The lowest BCUT2D eigenvalue weighted by molar-refractivity contribution is 0.590. The average Bonchev–Trinajstić information content (AvgIpc) is 1.52. The maximum Gasteiger partial charge on any atom is 0.252 e. The molecular formula is C140H103BN4. The minimum absolute atomic E-state index is 0.0613. The molecule has 2 spiro atoms. The lowest BCUT2D eigenvalue weighted by Gasteiger charge is -2.45. The number of aryl methyl sites for hydroxylation is 2. The number of hydrogen-bond donors (Lipinski definition) is 0. The smallest absolute Gasteiger partial charge is 0.252 e. The summed E-state index contributed by atoms with van der Waals surface area (Å²) in [5.74, 6) is 0. The zero-order valence-corrected chi connectivity index (χ0v) is 80.5. The highest BCUT2D eigenvalue weighted by molar-refractivity contribution is 7.00. The largest absolute Gasteiger partial charge is 0.342 e. The second-order valence-electron chi connectivity index (χ2n) is 40.9. The van der Waals surface area contributed by atoms with Crippen LogP contribution in [0.25, 0.3) is 166 Å². The number of fused-ring (bicyclic) bond motifs is 30. The zero-order valence-electron chi connectivity index (χ0n) is 94.5. The molecule has 4 nitrogen and oxygen atoms in total. The van der Waals surface area contributed by atoms with Gasteiger partial charge < -0.3 is 18.9 Å². The van der Waals surface area contributed by atoms with E-state index in [1.165, 1.54) is 100 Å². The summed E-state index contributed by atoms with van der Waals surface area (Å²) in [5, 5.41) is 0.367. The van der Waals surface area contributed by atoms with Crippen molar-refractivity contribution in [2.24, 2.45) is 0 Å². The van der Waals surface area contributed by atoms with Crippen molar-refractivity contribution in [3.63, 3.8) is 0 Å². The molecule has 2 aliphatic heterocycles. The predicted molar refractivity (Wildman–Crippen MR) is 609 cm³/mol. The molecule has 4 heterocycles. The number of benzene rings is 21. The maximum absolute atomic E-state index is 10.4. The van der Waals surface area contributed by atoms with E-state index in [2.05, 4.69) is 346 Å². The molecule has 6 aliphatic rings. The summed E-state index contributed by atoms with van der Waals surface area (Å²) < 4.78 is 143. The second kappa shape index (κ2) is 33.3. The van der Waals surface area contributed by atoms with Gasteiger partial charge in [-0.15, -0.1) is 0 Å². The second-order valence-corrected chi connectivity index (χ2v) is 40.9. The first-order chi connectivity index (χ1) is 77.4. The Morgan fingerprint density at radius 2 is 0.572 bits per heavy atom. The minimum Gasteiger partial charge on any atom is -0.342 e. The van der Waals surface area contributed by atoms with Gasteiger partial charge in [-0.25, -0.2) is 0 Å². The van der Waals surface area contributed by atoms with E-state index in [9.17, 15) is 19.2 Å². The van der Waals surface area contributed by atoms with E-state index < -0.39 is 47.1 Å². The summed E-state index contributed by atoms with van der Waals surface area (Å²) in [6, 6.07) is 134. The van der Waals surface area contributed by atoms with Crippen LogP contribution >= 0.6 is 0 Å². The van der Waals surface area contributed by atoms with Crippen molar-refractivity contribution < 1.29 is 19.2 Å². The Labute approximate surface area is 867 Å². The Hall–Kier alpha value is -17.1. The Kier molecular flexibility index (Phi) is 16.4. The van der Waals surface area contributed by atoms with Crippen molar-refractivity contribution in [3.05, 3.63) is 534 Å². The lowest BCUT2D eigenvalue weighted by atomic mass is 9.33. The van der Waals surface area contributed by atoms with E-state index in [1.807, 2.05) is 48.5 Å². The van der Waals surface area contributed by atoms with Crippen LogP contribution in [0.3, 0.4) is 0 Å². The average molecular weight is 1870 g/mol. The molecule has 145 heavy (non-hydrogen) atoms. The highest BCUT2D eigenvalue weighted by Gasteiger charge is 2.54. The van der Waals surface area contributed by atoms with Crippen molar-refractivity contribution in [1.29, 1.82) is 0 Å². The van der Waals surface area contributed by atoms with E-state index in [-0.39, 0.29) is 115 Å². The number of unbranched alkanes of at least 4 members (excludes halogenated alkanes) is 2. The minimum atomic E-state index is -0.595. The SMILES string of the molecule is [2H]c1c([2H])c([2H])c2c(c1[2H])c1c([2H])c(-c3ccccc3)c([2H])c([2H])c1n2-c1ccc2c(c1)N(CCCCc1ccc(-c3ccccc3)cc1-c1ccc3c(c1)C1(c4ccccc4-c4ccccc41)c1ccccc1-3)c1cc(C(C)(C)C)cc3c1B2c1ccc(-n2c4c([2H])c([2H])c([2H])c([2H])c4c4c([2H])c(-c5ccccc5)c([2H])c([2H])c42)cc1N3CCCCc1ccc(-c2ccccc2)cc1-c1ccc2c(c1)C1(c3ccccc3-c3ccccc31)c1ccccc1-2. The summed E-state index contributed by atoms with van der Waals surface area (Å²) in [6.45, 7) is 7.05. The first kappa shape index (κ1) is 71.3.